The van der Waals surface area contributed by atoms with E-state index < -0.39 is 0 Å². The second kappa shape index (κ2) is 11.3. The van der Waals surface area contributed by atoms with E-state index >= 15 is 0 Å². The lowest BCUT2D eigenvalue weighted by Crippen LogP contribution is -2.30. The minimum atomic E-state index is -0.358. The van der Waals surface area contributed by atoms with E-state index in [9.17, 15) is 0 Å². The van der Waals surface area contributed by atoms with Gasteiger partial charge in [-0.3, -0.25) is 5.41 Å². The van der Waals surface area contributed by atoms with Crippen molar-refractivity contribution in [3.05, 3.63) is 23.1 Å². The van der Waals surface area contributed by atoms with Gasteiger partial charge in [0.2, 0.25) is 0 Å². The number of halogens is 1. The van der Waals surface area contributed by atoms with Crippen LogP contribution in [0.25, 0.3) is 0 Å². The lowest BCUT2D eigenvalue weighted by Gasteiger charge is -2.15. The van der Waals surface area contributed by atoms with Crippen molar-refractivity contribution >= 4 is 24.2 Å². The third-order valence-electron chi connectivity index (χ3n) is 2.19. The van der Waals surface area contributed by atoms with Crippen molar-refractivity contribution in [3.8, 4) is 0 Å². The molecule has 2 atom stereocenters. The molecule has 0 aromatic heterocycles. The van der Waals surface area contributed by atoms with E-state index in [1.54, 1.807) is 39.4 Å². The van der Waals surface area contributed by atoms with Crippen molar-refractivity contribution in [2.24, 2.45) is 5.16 Å². The largest absolute Gasteiger partial charge is 0.385 e. The van der Waals surface area contributed by atoms with Crippen LogP contribution in [-0.2, 0) is 9.57 Å². The van der Waals surface area contributed by atoms with Crippen LogP contribution in [0.5, 0.6) is 0 Å². The zero-order chi connectivity index (χ0) is 15.4. The van der Waals surface area contributed by atoms with Crippen LogP contribution >= 0.6 is 11.6 Å². The maximum atomic E-state index is 7.13. The number of hydrogen-bond donors (Lipinski definition) is 3. The SMILES string of the molecule is C/C=N/O/C(C)=C/C(NC=N)/C(Cl)=C/N[C@H](C)COC. The van der Waals surface area contributed by atoms with Crippen LogP contribution in [0.1, 0.15) is 20.8 Å². The van der Waals surface area contributed by atoms with Crippen LogP contribution in [0.4, 0.5) is 0 Å². The Labute approximate surface area is 125 Å². The Kier molecular flexibility index (Phi) is 10.4. The van der Waals surface area contributed by atoms with Gasteiger partial charge in [0, 0.05) is 25.6 Å². The molecule has 0 spiro atoms. The van der Waals surface area contributed by atoms with Crippen LogP contribution in [0.2, 0.25) is 0 Å². The van der Waals surface area contributed by atoms with E-state index in [2.05, 4.69) is 15.8 Å². The highest BCUT2D eigenvalue weighted by atomic mass is 35.5. The van der Waals surface area contributed by atoms with Gasteiger partial charge in [-0.25, -0.2) is 0 Å². The first-order valence-electron chi connectivity index (χ1n) is 6.24. The molecule has 20 heavy (non-hydrogen) atoms. The summed E-state index contributed by atoms with van der Waals surface area (Å²) in [7, 11) is 1.64. The van der Waals surface area contributed by atoms with E-state index in [0.29, 0.717) is 17.4 Å². The van der Waals surface area contributed by atoms with E-state index in [0.717, 1.165) is 6.34 Å². The highest BCUT2D eigenvalue weighted by Gasteiger charge is 2.10. The Morgan fingerprint density at radius 1 is 1.45 bits per heavy atom. The summed E-state index contributed by atoms with van der Waals surface area (Å²) in [6.45, 7) is 6.07. The standard InChI is InChI=1S/C13H23ClN4O2/c1-5-18-20-11(3)6-13(17-9-15)12(14)7-16-10(2)8-19-4/h5-7,9-10,13,16H,8H2,1-4H3,(H2,15,17)/b11-6+,12-7-,18-5+/t10-,13?/m1/s1. The van der Waals surface area contributed by atoms with Gasteiger partial charge in [0.25, 0.3) is 0 Å². The summed E-state index contributed by atoms with van der Waals surface area (Å²) in [5.41, 5.74) is 0. The Morgan fingerprint density at radius 2 is 2.15 bits per heavy atom. The molecule has 0 aromatic rings. The van der Waals surface area contributed by atoms with Gasteiger partial charge >= 0.3 is 0 Å². The quantitative estimate of drug-likeness (QED) is 0.250. The van der Waals surface area contributed by atoms with Crippen LogP contribution in [0.3, 0.4) is 0 Å². The predicted octanol–water partition coefficient (Wildman–Crippen LogP) is 2.18. The molecule has 0 radical (unpaired) electrons. The van der Waals surface area contributed by atoms with Crippen molar-refractivity contribution in [2.75, 3.05) is 13.7 Å². The summed E-state index contributed by atoms with van der Waals surface area (Å²) >= 11 is 6.20. The third kappa shape index (κ3) is 8.55. The number of oxime groups is 1. The molecule has 0 amide bonds. The molecule has 0 saturated carbocycles. The molecule has 114 valence electrons. The minimum Gasteiger partial charge on any atom is -0.385 e. The maximum Gasteiger partial charge on any atom is 0.130 e. The topological polar surface area (TPSA) is 78.7 Å². The fraction of sp³-hybridized carbons (Fsp3) is 0.538. The highest BCUT2D eigenvalue weighted by molar-refractivity contribution is 6.30. The van der Waals surface area contributed by atoms with Gasteiger partial charge in [0.05, 0.1) is 24.0 Å². The summed E-state index contributed by atoms with van der Waals surface area (Å²) < 4.78 is 5.02. The lowest BCUT2D eigenvalue weighted by atomic mass is 10.2. The second-order valence-electron chi connectivity index (χ2n) is 4.07. The third-order valence-corrected chi connectivity index (χ3v) is 2.53. The van der Waals surface area contributed by atoms with Crippen molar-refractivity contribution in [1.82, 2.24) is 10.6 Å². The average molecular weight is 303 g/mol. The van der Waals surface area contributed by atoms with Crippen molar-refractivity contribution < 1.29 is 9.57 Å². The molecule has 0 fully saturated rings. The summed E-state index contributed by atoms with van der Waals surface area (Å²) in [6, 6.07) is -0.219. The molecular formula is C13H23ClN4O2. The Balaban J connectivity index is 4.71. The number of ether oxygens (including phenoxy) is 1. The molecule has 3 N–H and O–H groups in total. The number of rotatable bonds is 10. The molecule has 1 unspecified atom stereocenters. The van der Waals surface area contributed by atoms with E-state index in [1.165, 1.54) is 0 Å². The summed E-state index contributed by atoms with van der Waals surface area (Å²) in [6.07, 6.45) is 6.03. The van der Waals surface area contributed by atoms with Gasteiger partial charge in [0.1, 0.15) is 5.76 Å². The van der Waals surface area contributed by atoms with Gasteiger partial charge < -0.3 is 20.2 Å². The van der Waals surface area contributed by atoms with Crippen LogP contribution in [0, 0.1) is 5.41 Å². The van der Waals surface area contributed by atoms with Crippen molar-refractivity contribution in [2.45, 2.75) is 32.9 Å². The molecule has 0 rings (SSSR count). The normalized spacial score (nSPS) is 15.8. The number of hydrogen-bond acceptors (Lipinski definition) is 5. The Hall–Kier alpha value is -1.53. The number of allylic oxidation sites excluding steroid dienone is 1. The number of nitrogens with one attached hydrogen (secondary N) is 3. The van der Waals surface area contributed by atoms with Gasteiger partial charge in [0.15, 0.2) is 0 Å². The molecule has 6 nitrogen and oxygen atoms in total. The minimum absolute atomic E-state index is 0.139. The van der Waals surface area contributed by atoms with Gasteiger partial charge in [-0.2, -0.15) is 0 Å². The Bertz CT molecular complexity index is 369. The van der Waals surface area contributed by atoms with Crippen LogP contribution in [-0.4, -0.2) is 38.4 Å². The maximum absolute atomic E-state index is 7.13. The Morgan fingerprint density at radius 3 is 2.70 bits per heavy atom. The zero-order valence-corrected chi connectivity index (χ0v) is 13.1. The van der Waals surface area contributed by atoms with E-state index in [4.69, 9.17) is 26.6 Å². The second-order valence-corrected chi connectivity index (χ2v) is 4.51. The molecule has 0 aliphatic carbocycles. The fourth-order valence-electron chi connectivity index (χ4n) is 1.31. The first kappa shape index (κ1) is 18.5. The summed E-state index contributed by atoms with van der Waals surface area (Å²) in [5.74, 6) is 0.582. The van der Waals surface area contributed by atoms with Crippen molar-refractivity contribution in [1.29, 1.82) is 5.41 Å². The number of methoxy groups -OCH3 is 1. The highest BCUT2D eigenvalue weighted by Crippen LogP contribution is 2.11. The fourth-order valence-corrected chi connectivity index (χ4v) is 1.50. The molecule has 0 bridgehead atoms. The summed E-state index contributed by atoms with van der Waals surface area (Å²) in [5, 5.41) is 17.2. The van der Waals surface area contributed by atoms with Gasteiger partial charge in [-0.1, -0.05) is 16.8 Å². The van der Waals surface area contributed by atoms with Crippen LogP contribution in [0.15, 0.2) is 28.2 Å². The van der Waals surface area contributed by atoms with Crippen LogP contribution < -0.4 is 10.6 Å². The monoisotopic (exact) mass is 302 g/mol. The molecule has 0 heterocycles. The smallest absolute Gasteiger partial charge is 0.130 e. The average Bonchev–Trinajstić information content (AvgIpc) is 2.42. The van der Waals surface area contributed by atoms with E-state index in [-0.39, 0.29) is 12.1 Å². The van der Waals surface area contributed by atoms with E-state index in [1.807, 2.05) is 6.92 Å². The molecule has 0 aliphatic heterocycles. The molecule has 0 aliphatic rings. The number of nitrogens with zero attached hydrogens (tertiary/aromatic N) is 1. The molecule has 0 aromatic carbocycles. The summed E-state index contributed by atoms with van der Waals surface area (Å²) in [4.78, 5) is 5.07. The zero-order valence-electron chi connectivity index (χ0n) is 12.3. The van der Waals surface area contributed by atoms with Gasteiger partial charge in [-0.05, 0) is 26.8 Å². The predicted molar refractivity (Wildman–Crippen MR) is 83.1 cm³/mol. The first-order valence-corrected chi connectivity index (χ1v) is 6.61. The van der Waals surface area contributed by atoms with Gasteiger partial charge in [-0.15, -0.1) is 0 Å². The first-order chi connectivity index (χ1) is 9.54. The lowest BCUT2D eigenvalue weighted by molar-refractivity contribution is 0.177. The molecule has 7 heteroatoms. The van der Waals surface area contributed by atoms with Crippen molar-refractivity contribution in [3.63, 3.8) is 0 Å². The molecule has 0 saturated heterocycles. The molecular weight excluding hydrogens is 280 g/mol.